The van der Waals surface area contributed by atoms with Crippen LogP contribution in [0.25, 0.3) is 0 Å². The highest BCUT2D eigenvalue weighted by molar-refractivity contribution is 7.91. The molecule has 18 heavy (non-hydrogen) atoms. The summed E-state index contributed by atoms with van der Waals surface area (Å²) in [5.74, 6) is 0. The molecule has 0 aromatic heterocycles. The molecule has 0 fully saturated rings. The van der Waals surface area contributed by atoms with E-state index in [0.717, 1.165) is 5.56 Å². The van der Waals surface area contributed by atoms with Crippen LogP contribution in [0.5, 0.6) is 0 Å². The van der Waals surface area contributed by atoms with Crippen molar-refractivity contribution in [1.82, 2.24) is 0 Å². The Labute approximate surface area is 107 Å². The smallest absolute Gasteiger partial charge is 0.208 e. The number of nitrogens with one attached hydrogen (secondary N) is 1. The molecule has 0 aliphatic heterocycles. The highest BCUT2D eigenvalue weighted by Gasteiger charge is 2.20. The first-order valence-corrected chi connectivity index (χ1v) is 7.12. The van der Waals surface area contributed by atoms with Crippen molar-refractivity contribution in [2.75, 3.05) is 12.4 Å². The van der Waals surface area contributed by atoms with E-state index in [0.29, 0.717) is 15.5 Å². The van der Waals surface area contributed by atoms with Gasteiger partial charge in [-0.2, -0.15) is 0 Å². The van der Waals surface area contributed by atoms with Gasteiger partial charge in [0.2, 0.25) is 9.84 Å². The molecular weight excluding hydrogens is 246 g/mol. The Morgan fingerprint density at radius 1 is 1.00 bits per heavy atom. The predicted molar refractivity (Wildman–Crippen MR) is 72.6 cm³/mol. The van der Waals surface area contributed by atoms with E-state index >= 15 is 0 Å². The Hall–Kier alpha value is -1.81. The Morgan fingerprint density at radius 2 is 1.67 bits per heavy atom. The van der Waals surface area contributed by atoms with Gasteiger partial charge in [0.05, 0.1) is 15.5 Å². The van der Waals surface area contributed by atoms with Crippen molar-refractivity contribution in [3.8, 4) is 0 Å². The van der Waals surface area contributed by atoms with Crippen LogP contribution < -0.4 is 5.32 Å². The number of anilines is 1. The number of hydrogen-bond acceptors (Lipinski definition) is 3. The van der Waals surface area contributed by atoms with E-state index in [-0.39, 0.29) is 0 Å². The first-order chi connectivity index (χ1) is 8.55. The largest absolute Gasteiger partial charge is 0.387 e. The minimum Gasteiger partial charge on any atom is -0.387 e. The van der Waals surface area contributed by atoms with Gasteiger partial charge in [0, 0.05) is 7.05 Å². The maximum absolute atomic E-state index is 12.5. The fourth-order valence-corrected chi connectivity index (χ4v) is 3.36. The van der Waals surface area contributed by atoms with E-state index in [2.05, 4.69) is 5.32 Å². The van der Waals surface area contributed by atoms with E-state index in [1.165, 1.54) is 0 Å². The zero-order valence-electron chi connectivity index (χ0n) is 10.3. The SMILES string of the molecule is CNc1ccc(C)cc1S(=O)(=O)c1ccccc1. The Balaban J connectivity index is 2.65. The molecule has 0 saturated heterocycles. The van der Waals surface area contributed by atoms with Gasteiger partial charge < -0.3 is 5.32 Å². The van der Waals surface area contributed by atoms with Crippen LogP contribution in [-0.4, -0.2) is 15.5 Å². The average molecular weight is 261 g/mol. The van der Waals surface area contributed by atoms with Gasteiger partial charge in [-0.3, -0.25) is 0 Å². The molecule has 0 heterocycles. The third-order valence-electron chi connectivity index (χ3n) is 2.75. The summed E-state index contributed by atoms with van der Waals surface area (Å²) in [7, 11) is -1.75. The van der Waals surface area contributed by atoms with Crippen molar-refractivity contribution in [2.24, 2.45) is 0 Å². The monoisotopic (exact) mass is 261 g/mol. The van der Waals surface area contributed by atoms with Crippen molar-refractivity contribution in [3.05, 3.63) is 54.1 Å². The molecule has 0 aliphatic rings. The summed E-state index contributed by atoms with van der Waals surface area (Å²) >= 11 is 0. The second kappa shape index (κ2) is 4.82. The van der Waals surface area contributed by atoms with Gasteiger partial charge in [-0.15, -0.1) is 0 Å². The van der Waals surface area contributed by atoms with Gasteiger partial charge in [-0.25, -0.2) is 8.42 Å². The molecule has 0 amide bonds. The molecule has 0 aliphatic carbocycles. The highest BCUT2D eigenvalue weighted by Crippen LogP contribution is 2.28. The maximum atomic E-state index is 12.5. The molecule has 2 aromatic carbocycles. The predicted octanol–water partition coefficient (Wildman–Crippen LogP) is 2.87. The first-order valence-electron chi connectivity index (χ1n) is 5.64. The molecule has 0 saturated carbocycles. The van der Waals surface area contributed by atoms with Crippen molar-refractivity contribution in [1.29, 1.82) is 0 Å². The average Bonchev–Trinajstić information content (AvgIpc) is 2.39. The number of sulfone groups is 1. The lowest BCUT2D eigenvalue weighted by atomic mass is 10.2. The maximum Gasteiger partial charge on any atom is 0.208 e. The van der Waals surface area contributed by atoms with Crippen LogP contribution in [0.2, 0.25) is 0 Å². The van der Waals surface area contributed by atoms with Crippen LogP contribution >= 0.6 is 0 Å². The molecule has 0 unspecified atom stereocenters. The molecule has 0 spiro atoms. The van der Waals surface area contributed by atoms with Crippen LogP contribution in [0.1, 0.15) is 5.56 Å². The summed E-state index contributed by atoms with van der Waals surface area (Å²) in [4.78, 5) is 0.628. The minimum absolute atomic E-state index is 0.312. The van der Waals surface area contributed by atoms with E-state index in [1.54, 1.807) is 49.5 Å². The van der Waals surface area contributed by atoms with Gasteiger partial charge in [-0.1, -0.05) is 24.3 Å². The summed E-state index contributed by atoms with van der Waals surface area (Å²) < 4.78 is 25.1. The van der Waals surface area contributed by atoms with E-state index < -0.39 is 9.84 Å². The standard InChI is InChI=1S/C14H15NO2S/c1-11-8-9-13(15-2)14(10-11)18(16,17)12-6-4-3-5-7-12/h3-10,15H,1-2H3. The van der Waals surface area contributed by atoms with Crippen molar-refractivity contribution >= 4 is 15.5 Å². The Bertz CT molecular complexity index is 649. The number of aryl methyl sites for hydroxylation is 1. The van der Waals surface area contributed by atoms with Crippen LogP contribution in [0, 0.1) is 6.92 Å². The summed E-state index contributed by atoms with van der Waals surface area (Å²) in [6.45, 7) is 1.88. The van der Waals surface area contributed by atoms with Crippen LogP contribution in [0.4, 0.5) is 5.69 Å². The number of rotatable bonds is 3. The van der Waals surface area contributed by atoms with Crippen molar-refractivity contribution < 1.29 is 8.42 Å². The van der Waals surface area contributed by atoms with E-state index in [4.69, 9.17) is 0 Å². The summed E-state index contributed by atoms with van der Waals surface area (Å²) in [5, 5.41) is 2.92. The molecule has 4 heteroatoms. The lowest BCUT2D eigenvalue weighted by Gasteiger charge is -2.11. The van der Waals surface area contributed by atoms with E-state index in [1.807, 2.05) is 13.0 Å². The third kappa shape index (κ3) is 2.24. The quantitative estimate of drug-likeness (QED) is 0.924. The van der Waals surface area contributed by atoms with Gasteiger partial charge >= 0.3 is 0 Å². The zero-order chi connectivity index (χ0) is 13.2. The van der Waals surface area contributed by atoms with Gasteiger partial charge in [0.1, 0.15) is 0 Å². The molecule has 0 atom stereocenters. The molecule has 94 valence electrons. The number of hydrogen-bond donors (Lipinski definition) is 1. The lowest BCUT2D eigenvalue weighted by molar-refractivity contribution is 0.596. The normalized spacial score (nSPS) is 11.2. The fraction of sp³-hybridized carbons (Fsp3) is 0.143. The van der Waals surface area contributed by atoms with Gasteiger partial charge in [-0.05, 0) is 36.8 Å². The van der Waals surface area contributed by atoms with Crippen molar-refractivity contribution in [2.45, 2.75) is 16.7 Å². The molecule has 1 N–H and O–H groups in total. The molecule has 0 bridgehead atoms. The lowest BCUT2D eigenvalue weighted by Crippen LogP contribution is -2.06. The Kier molecular flexibility index (Phi) is 3.39. The Morgan fingerprint density at radius 3 is 2.28 bits per heavy atom. The third-order valence-corrected chi connectivity index (χ3v) is 4.56. The number of benzene rings is 2. The highest BCUT2D eigenvalue weighted by atomic mass is 32.2. The molecule has 3 nitrogen and oxygen atoms in total. The fourth-order valence-electron chi connectivity index (χ4n) is 1.79. The minimum atomic E-state index is -3.47. The zero-order valence-corrected chi connectivity index (χ0v) is 11.2. The van der Waals surface area contributed by atoms with Gasteiger partial charge in [0.15, 0.2) is 0 Å². The summed E-state index contributed by atoms with van der Waals surface area (Å²) in [5.41, 5.74) is 1.54. The molecule has 0 radical (unpaired) electrons. The van der Waals surface area contributed by atoms with E-state index in [9.17, 15) is 8.42 Å². The van der Waals surface area contributed by atoms with Crippen LogP contribution in [0.3, 0.4) is 0 Å². The van der Waals surface area contributed by atoms with Gasteiger partial charge in [0.25, 0.3) is 0 Å². The molecule has 2 rings (SSSR count). The summed E-state index contributed by atoms with van der Waals surface area (Å²) in [6, 6.07) is 13.8. The second-order valence-electron chi connectivity index (χ2n) is 4.07. The second-order valence-corrected chi connectivity index (χ2v) is 5.98. The van der Waals surface area contributed by atoms with Crippen LogP contribution in [-0.2, 0) is 9.84 Å². The summed E-state index contributed by atoms with van der Waals surface area (Å²) in [6.07, 6.45) is 0. The van der Waals surface area contributed by atoms with Crippen molar-refractivity contribution in [3.63, 3.8) is 0 Å². The van der Waals surface area contributed by atoms with Crippen LogP contribution in [0.15, 0.2) is 58.3 Å². The molecular formula is C14H15NO2S. The molecule has 2 aromatic rings. The first kappa shape index (κ1) is 12.6. The topological polar surface area (TPSA) is 46.2 Å².